The maximum Gasteiger partial charge on any atom is 0.0110 e. The summed E-state index contributed by atoms with van der Waals surface area (Å²) in [7, 11) is 2.23. The molecule has 3 nitrogen and oxygen atoms in total. The number of likely N-dealkylation sites (N-methyl/N-ethyl adjacent to an activating group) is 1. The quantitative estimate of drug-likeness (QED) is 0.834. The van der Waals surface area contributed by atoms with Crippen molar-refractivity contribution in [3.8, 4) is 0 Å². The van der Waals surface area contributed by atoms with E-state index in [2.05, 4.69) is 42.9 Å². The van der Waals surface area contributed by atoms with Gasteiger partial charge in [-0.25, -0.2) is 0 Å². The van der Waals surface area contributed by atoms with E-state index in [1.165, 1.54) is 58.5 Å². The molecule has 0 bridgehead atoms. The lowest BCUT2D eigenvalue weighted by molar-refractivity contribution is 0.139. The number of nitrogens with one attached hydrogen (secondary N) is 1. The number of piperazine rings is 1. The number of rotatable bonds is 5. The van der Waals surface area contributed by atoms with Crippen LogP contribution < -0.4 is 5.32 Å². The molecule has 2 aliphatic rings. The first-order valence-electron chi connectivity index (χ1n) is 8.70. The third-order valence-corrected chi connectivity index (χ3v) is 5.45. The Labute approximate surface area is 126 Å². The minimum absolute atomic E-state index is 0.756. The van der Waals surface area contributed by atoms with Crippen molar-refractivity contribution >= 4 is 0 Å². The second-order valence-corrected chi connectivity index (χ2v) is 7.53. The predicted octanol–water partition coefficient (Wildman–Crippen LogP) is 2.28. The number of hydrogen-bond acceptors (Lipinski definition) is 3. The van der Waals surface area contributed by atoms with Crippen molar-refractivity contribution in [2.45, 2.75) is 46.1 Å². The molecule has 1 saturated heterocycles. The fourth-order valence-electron chi connectivity index (χ4n) is 3.92. The zero-order chi connectivity index (χ0) is 14.5. The number of nitrogens with zero attached hydrogens (tertiary/aromatic N) is 2. The molecule has 2 rings (SSSR count). The zero-order valence-corrected chi connectivity index (χ0v) is 14.1. The van der Waals surface area contributed by atoms with Crippen molar-refractivity contribution in [3.05, 3.63) is 0 Å². The van der Waals surface area contributed by atoms with E-state index in [0.29, 0.717) is 0 Å². The van der Waals surface area contributed by atoms with Gasteiger partial charge >= 0.3 is 0 Å². The molecular formula is C17H35N3. The molecule has 1 N–H and O–H groups in total. The highest BCUT2D eigenvalue weighted by atomic mass is 15.2. The highest BCUT2D eigenvalue weighted by molar-refractivity contribution is 4.85. The molecule has 0 radical (unpaired) electrons. The van der Waals surface area contributed by atoms with E-state index in [4.69, 9.17) is 0 Å². The molecule has 0 aromatic heterocycles. The van der Waals surface area contributed by atoms with Crippen LogP contribution in [0.1, 0.15) is 40.0 Å². The minimum atomic E-state index is 0.756. The van der Waals surface area contributed by atoms with Gasteiger partial charge in [0.1, 0.15) is 0 Å². The van der Waals surface area contributed by atoms with Gasteiger partial charge in [-0.15, -0.1) is 0 Å². The van der Waals surface area contributed by atoms with Gasteiger partial charge in [0.2, 0.25) is 0 Å². The van der Waals surface area contributed by atoms with Crippen LogP contribution in [0.2, 0.25) is 0 Å². The van der Waals surface area contributed by atoms with Crippen LogP contribution in [0.5, 0.6) is 0 Å². The Balaban J connectivity index is 1.71. The summed E-state index contributed by atoms with van der Waals surface area (Å²) in [6.45, 7) is 14.6. The molecule has 1 aliphatic heterocycles. The molecule has 1 aliphatic carbocycles. The van der Waals surface area contributed by atoms with Crippen molar-refractivity contribution in [3.63, 3.8) is 0 Å². The Bertz CT molecular complexity index is 271. The summed E-state index contributed by atoms with van der Waals surface area (Å²) in [5, 5.41) is 3.89. The molecule has 3 unspecified atom stereocenters. The van der Waals surface area contributed by atoms with Crippen LogP contribution in [0.15, 0.2) is 0 Å². The normalized spacial score (nSPS) is 33.8. The first-order valence-corrected chi connectivity index (χ1v) is 8.70. The Kier molecular flexibility index (Phi) is 6.31. The third-order valence-electron chi connectivity index (χ3n) is 5.45. The SMILES string of the molecule is CC1CCC(C(C)C)C(NCCN2CCN(C)CC2)C1. The van der Waals surface area contributed by atoms with Crippen LogP contribution in [-0.2, 0) is 0 Å². The molecule has 0 aromatic rings. The first-order chi connectivity index (χ1) is 9.56. The molecule has 20 heavy (non-hydrogen) atoms. The van der Waals surface area contributed by atoms with Gasteiger partial charge in [0.25, 0.3) is 0 Å². The first kappa shape index (κ1) is 16.3. The van der Waals surface area contributed by atoms with Gasteiger partial charge < -0.3 is 10.2 Å². The maximum absolute atomic E-state index is 3.89. The van der Waals surface area contributed by atoms with Gasteiger partial charge in [0, 0.05) is 45.3 Å². The molecule has 3 atom stereocenters. The molecule has 0 aromatic carbocycles. The summed E-state index contributed by atoms with van der Waals surface area (Å²) in [5.74, 6) is 2.62. The van der Waals surface area contributed by atoms with Crippen LogP contribution in [-0.4, -0.2) is 62.2 Å². The van der Waals surface area contributed by atoms with Gasteiger partial charge in [0.15, 0.2) is 0 Å². The Morgan fingerprint density at radius 3 is 2.45 bits per heavy atom. The van der Waals surface area contributed by atoms with Crippen molar-refractivity contribution in [2.24, 2.45) is 17.8 Å². The van der Waals surface area contributed by atoms with Crippen molar-refractivity contribution < 1.29 is 0 Å². The predicted molar refractivity (Wildman–Crippen MR) is 87.1 cm³/mol. The van der Waals surface area contributed by atoms with Gasteiger partial charge in [0.05, 0.1) is 0 Å². The Morgan fingerprint density at radius 1 is 1.10 bits per heavy atom. The largest absolute Gasteiger partial charge is 0.312 e. The highest BCUT2D eigenvalue weighted by Crippen LogP contribution is 2.33. The average molecular weight is 281 g/mol. The smallest absolute Gasteiger partial charge is 0.0110 e. The van der Waals surface area contributed by atoms with Gasteiger partial charge in [-0.2, -0.15) is 0 Å². The van der Waals surface area contributed by atoms with Gasteiger partial charge in [-0.3, -0.25) is 4.90 Å². The topological polar surface area (TPSA) is 18.5 Å². The molecule has 0 spiro atoms. The van der Waals surface area contributed by atoms with E-state index in [9.17, 15) is 0 Å². The Hall–Kier alpha value is -0.120. The molecule has 0 amide bonds. The maximum atomic E-state index is 3.89. The van der Waals surface area contributed by atoms with E-state index < -0.39 is 0 Å². The summed E-state index contributed by atoms with van der Waals surface area (Å²) in [6.07, 6.45) is 4.23. The Morgan fingerprint density at radius 2 is 1.80 bits per heavy atom. The van der Waals surface area contributed by atoms with Crippen LogP contribution in [0.4, 0.5) is 0 Å². The summed E-state index contributed by atoms with van der Waals surface area (Å²) < 4.78 is 0. The minimum Gasteiger partial charge on any atom is -0.312 e. The van der Waals surface area contributed by atoms with E-state index in [-0.39, 0.29) is 0 Å². The van der Waals surface area contributed by atoms with Gasteiger partial charge in [-0.1, -0.05) is 27.2 Å². The molecule has 3 heteroatoms. The van der Waals surface area contributed by atoms with E-state index in [1.54, 1.807) is 0 Å². The molecule has 2 fully saturated rings. The fraction of sp³-hybridized carbons (Fsp3) is 1.00. The second kappa shape index (κ2) is 7.77. The summed E-state index contributed by atoms with van der Waals surface area (Å²) in [6, 6.07) is 0.756. The molecular weight excluding hydrogens is 246 g/mol. The summed E-state index contributed by atoms with van der Waals surface area (Å²) in [4.78, 5) is 5.05. The highest BCUT2D eigenvalue weighted by Gasteiger charge is 2.30. The van der Waals surface area contributed by atoms with Crippen LogP contribution in [0.25, 0.3) is 0 Å². The third kappa shape index (κ3) is 4.71. The van der Waals surface area contributed by atoms with Crippen molar-refractivity contribution in [1.82, 2.24) is 15.1 Å². The van der Waals surface area contributed by atoms with E-state index >= 15 is 0 Å². The summed E-state index contributed by atoms with van der Waals surface area (Å²) >= 11 is 0. The standard InChI is InChI=1S/C17H35N3/c1-14(2)16-6-5-15(3)13-17(16)18-7-8-20-11-9-19(4)10-12-20/h14-18H,5-13H2,1-4H3. The molecule has 1 heterocycles. The van der Waals surface area contributed by atoms with Crippen LogP contribution >= 0.6 is 0 Å². The molecule has 118 valence electrons. The van der Waals surface area contributed by atoms with Crippen LogP contribution in [0.3, 0.4) is 0 Å². The zero-order valence-electron chi connectivity index (χ0n) is 14.1. The van der Waals surface area contributed by atoms with Gasteiger partial charge in [-0.05, 0) is 37.6 Å². The fourth-order valence-corrected chi connectivity index (χ4v) is 3.92. The lowest BCUT2D eigenvalue weighted by atomic mass is 9.74. The van der Waals surface area contributed by atoms with Crippen molar-refractivity contribution in [1.29, 1.82) is 0 Å². The monoisotopic (exact) mass is 281 g/mol. The number of hydrogen-bond donors (Lipinski definition) is 1. The van der Waals surface area contributed by atoms with E-state index in [0.717, 1.165) is 23.8 Å². The van der Waals surface area contributed by atoms with Crippen LogP contribution in [0, 0.1) is 17.8 Å². The second-order valence-electron chi connectivity index (χ2n) is 7.53. The summed E-state index contributed by atoms with van der Waals surface area (Å²) in [5.41, 5.74) is 0. The average Bonchev–Trinajstić information content (AvgIpc) is 2.41. The van der Waals surface area contributed by atoms with E-state index in [1.807, 2.05) is 0 Å². The lowest BCUT2D eigenvalue weighted by Crippen LogP contribution is -2.49. The lowest BCUT2D eigenvalue weighted by Gasteiger charge is -2.39. The van der Waals surface area contributed by atoms with Crippen molar-refractivity contribution in [2.75, 3.05) is 46.3 Å². The molecule has 1 saturated carbocycles.